The summed E-state index contributed by atoms with van der Waals surface area (Å²) in [5.41, 5.74) is 3.24. The number of hydrogen-bond acceptors (Lipinski definition) is 4. The van der Waals surface area contributed by atoms with Crippen LogP contribution in [0.25, 0.3) is 11.3 Å². The number of aromatic nitrogens is 2. The fourth-order valence-electron chi connectivity index (χ4n) is 2.80. The van der Waals surface area contributed by atoms with Crippen LogP contribution < -0.4 is 10.6 Å². The van der Waals surface area contributed by atoms with Gasteiger partial charge in [0.1, 0.15) is 5.82 Å². The van der Waals surface area contributed by atoms with Crippen molar-refractivity contribution in [3.8, 4) is 11.3 Å². The Balaban J connectivity index is 1.63. The topological polar surface area (TPSA) is 49.8 Å². The van der Waals surface area contributed by atoms with Gasteiger partial charge < -0.3 is 10.6 Å². The highest BCUT2D eigenvalue weighted by Crippen LogP contribution is 2.28. The molecule has 2 aromatic carbocycles. The van der Waals surface area contributed by atoms with Crippen molar-refractivity contribution in [2.45, 2.75) is 31.8 Å². The summed E-state index contributed by atoms with van der Waals surface area (Å²) in [4.78, 5) is 9.41. The van der Waals surface area contributed by atoms with Gasteiger partial charge in [0.25, 0.3) is 0 Å². The normalized spacial score (nSPS) is 14.8. The summed E-state index contributed by atoms with van der Waals surface area (Å²) in [7, 11) is 0. The van der Waals surface area contributed by atoms with E-state index in [0.717, 1.165) is 17.1 Å². The third-order valence-corrected chi connectivity index (χ3v) is 4.37. The first-order chi connectivity index (χ1) is 12.3. The maximum absolute atomic E-state index is 4.73. The van der Waals surface area contributed by atoms with Crippen molar-refractivity contribution < 1.29 is 0 Å². The van der Waals surface area contributed by atoms with Crippen LogP contribution in [0, 0.1) is 0 Å². The van der Waals surface area contributed by atoms with Crippen LogP contribution in [0.1, 0.15) is 31.4 Å². The summed E-state index contributed by atoms with van der Waals surface area (Å²) < 4.78 is 0. The molecule has 4 nitrogen and oxygen atoms in total. The number of nitrogens with one attached hydrogen (secondary N) is 2. The molecule has 0 aliphatic heterocycles. The second-order valence-corrected chi connectivity index (χ2v) is 6.52. The van der Waals surface area contributed by atoms with E-state index in [9.17, 15) is 0 Å². The average molecular weight is 330 g/mol. The molecule has 1 saturated carbocycles. The van der Waals surface area contributed by atoms with Crippen molar-refractivity contribution in [2.24, 2.45) is 0 Å². The molecule has 25 heavy (non-hydrogen) atoms. The highest BCUT2D eigenvalue weighted by molar-refractivity contribution is 5.64. The molecule has 1 aliphatic rings. The highest BCUT2D eigenvalue weighted by atomic mass is 15.2. The van der Waals surface area contributed by atoms with Crippen molar-refractivity contribution >= 4 is 11.8 Å². The average Bonchev–Trinajstić information content (AvgIpc) is 3.47. The van der Waals surface area contributed by atoms with E-state index in [0.29, 0.717) is 12.0 Å². The molecule has 4 rings (SSSR count). The number of nitrogens with zero attached hydrogens (tertiary/aromatic N) is 2. The maximum Gasteiger partial charge on any atom is 0.225 e. The van der Waals surface area contributed by atoms with Gasteiger partial charge in [0, 0.05) is 17.7 Å². The smallest absolute Gasteiger partial charge is 0.225 e. The molecular formula is C21H22N4. The third-order valence-electron chi connectivity index (χ3n) is 4.37. The van der Waals surface area contributed by atoms with E-state index in [1.807, 2.05) is 30.3 Å². The molecule has 126 valence electrons. The van der Waals surface area contributed by atoms with Crippen LogP contribution in [0.5, 0.6) is 0 Å². The summed E-state index contributed by atoms with van der Waals surface area (Å²) in [6.07, 6.45) is 2.43. The zero-order valence-corrected chi connectivity index (χ0v) is 14.3. The molecule has 4 heteroatoms. The Morgan fingerprint density at radius 1 is 0.920 bits per heavy atom. The first-order valence-electron chi connectivity index (χ1n) is 8.80. The van der Waals surface area contributed by atoms with Crippen LogP contribution in [-0.2, 0) is 0 Å². The van der Waals surface area contributed by atoms with Gasteiger partial charge in [-0.1, -0.05) is 60.7 Å². The predicted octanol–water partition coefficient (Wildman–Crippen LogP) is 4.89. The quantitative estimate of drug-likeness (QED) is 0.675. The summed E-state index contributed by atoms with van der Waals surface area (Å²) in [6.45, 7) is 2.13. The zero-order chi connectivity index (χ0) is 17.1. The van der Waals surface area contributed by atoms with Crippen LogP contribution in [-0.4, -0.2) is 16.0 Å². The Hall–Kier alpha value is -2.88. The Morgan fingerprint density at radius 2 is 1.60 bits per heavy atom. The lowest BCUT2D eigenvalue weighted by Crippen LogP contribution is -2.12. The lowest BCUT2D eigenvalue weighted by Gasteiger charge is -2.16. The monoisotopic (exact) mass is 330 g/mol. The molecule has 0 amide bonds. The minimum Gasteiger partial charge on any atom is -0.367 e. The van der Waals surface area contributed by atoms with Gasteiger partial charge >= 0.3 is 0 Å². The van der Waals surface area contributed by atoms with E-state index >= 15 is 0 Å². The van der Waals surface area contributed by atoms with E-state index in [-0.39, 0.29) is 6.04 Å². The fraction of sp³-hybridized carbons (Fsp3) is 0.238. The van der Waals surface area contributed by atoms with Crippen molar-refractivity contribution in [3.05, 3.63) is 72.3 Å². The third kappa shape index (κ3) is 3.97. The first kappa shape index (κ1) is 15.6. The van der Waals surface area contributed by atoms with Gasteiger partial charge in [0.2, 0.25) is 5.95 Å². The van der Waals surface area contributed by atoms with E-state index < -0.39 is 0 Å². The van der Waals surface area contributed by atoms with Crippen LogP contribution in [0.4, 0.5) is 11.8 Å². The van der Waals surface area contributed by atoms with Gasteiger partial charge in [-0.05, 0) is 25.3 Å². The van der Waals surface area contributed by atoms with Crippen molar-refractivity contribution in [3.63, 3.8) is 0 Å². The summed E-state index contributed by atoms with van der Waals surface area (Å²) in [6, 6.07) is 23.3. The molecular weight excluding hydrogens is 308 g/mol. The number of hydrogen-bond donors (Lipinski definition) is 2. The van der Waals surface area contributed by atoms with Crippen molar-refractivity contribution in [2.75, 3.05) is 10.6 Å². The van der Waals surface area contributed by atoms with E-state index in [1.54, 1.807) is 0 Å². The van der Waals surface area contributed by atoms with Crippen LogP contribution in [0.15, 0.2) is 66.7 Å². The van der Waals surface area contributed by atoms with E-state index in [2.05, 4.69) is 58.9 Å². The number of rotatable bonds is 6. The maximum atomic E-state index is 4.73. The summed E-state index contributed by atoms with van der Waals surface area (Å²) >= 11 is 0. The summed E-state index contributed by atoms with van der Waals surface area (Å²) in [5, 5.41) is 6.93. The zero-order valence-electron chi connectivity index (χ0n) is 14.3. The standard InChI is InChI=1S/C21H22N4/c1-15(16-8-4-2-5-9-16)22-21-24-19(17-10-6-3-7-11-17)14-20(25-21)23-18-12-13-18/h2-11,14-15,18H,12-13H2,1H3,(H2,22,23,24,25). The predicted molar refractivity (Wildman–Crippen MR) is 103 cm³/mol. The van der Waals surface area contributed by atoms with Crippen LogP contribution in [0.2, 0.25) is 0 Å². The molecule has 2 N–H and O–H groups in total. The molecule has 1 atom stereocenters. The molecule has 1 fully saturated rings. The van der Waals surface area contributed by atoms with Gasteiger partial charge in [0.05, 0.1) is 11.7 Å². The lowest BCUT2D eigenvalue weighted by molar-refractivity contribution is 0.861. The largest absolute Gasteiger partial charge is 0.367 e. The van der Waals surface area contributed by atoms with E-state index in [1.165, 1.54) is 18.4 Å². The second-order valence-electron chi connectivity index (χ2n) is 6.52. The van der Waals surface area contributed by atoms with Gasteiger partial charge in [0.15, 0.2) is 0 Å². The van der Waals surface area contributed by atoms with E-state index in [4.69, 9.17) is 4.98 Å². The molecule has 0 saturated heterocycles. The molecule has 1 heterocycles. The number of benzene rings is 2. The molecule has 1 unspecified atom stereocenters. The highest BCUT2D eigenvalue weighted by Gasteiger charge is 2.22. The van der Waals surface area contributed by atoms with Gasteiger partial charge in [-0.15, -0.1) is 0 Å². The Kier molecular flexibility index (Phi) is 4.34. The van der Waals surface area contributed by atoms with Gasteiger partial charge in [-0.3, -0.25) is 0 Å². The SMILES string of the molecule is CC(Nc1nc(NC2CC2)cc(-c2ccccc2)n1)c1ccccc1. The van der Waals surface area contributed by atoms with Crippen LogP contribution in [0.3, 0.4) is 0 Å². The molecule has 3 aromatic rings. The molecule has 1 aromatic heterocycles. The molecule has 0 spiro atoms. The minimum atomic E-state index is 0.140. The first-order valence-corrected chi connectivity index (χ1v) is 8.80. The lowest BCUT2D eigenvalue weighted by atomic mass is 10.1. The molecule has 1 aliphatic carbocycles. The molecule has 0 bridgehead atoms. The minimum absolute atomic E-state index is 0.140. The van der Waals surface area contributed by atoms with Gasteiger partial charge in [-0.2, -0.15) is 4.98 Å². The Labute approximate surface area is 148 Å². The Bertz CT molecular complexity index is 829. The summed E-state index contributed by atoms with van der Waals surface area (Å²) in [5.74, 6) is 1.54. The number of anilines is 2. The van der Waals surface area contributed by atoms with Crippen molar-refractivity contribution in [1.29, 1.82) is 0 Å². The second kappa shape index (κ2) is 6.93. The molecule has 0 radical (unpaired) electrons. The Morgan fingerprint density at radius 3 is 2.28 bits per heavy atom. The van der Waals surface area contributed by atoms with Crippen molar-refractivity contribution in [1.82, 2.24) is 9.97 Å². The van der Waals surface area contributed by atoms with Gasteiger partial charge in [-0.25, -0.2) is 4.98 Å². The fourth-order valence-corrected chi connectivity index (χ4v) is 2.80. The van der Waals surface area contributed by atoms with Crippen LogP contribution >= 0.6 is 0 Å².